The van der Waals surface area contributed by atoms with Crippen LogP contribution in [0.3, 0.4) is 0 Å². The second kappa shape index (κ2) is 6.78. The van der Waals surface area contributed by atoms with Crippen LogP contribution in [0.2, 0.25) is 10.0 Å². The molecule has 0 amide bonds. The molecule has 1 fully saturated rings. The molecule has 22 heavy (non-hydrogen) atoms. The van der Waals surface area contributed by atoms with Crippen LogP contribution in [0.25, 0.3) is 11.1 Å². The summed E-state index contributed by atoms with van der Waals surface area (Å²) >= 11 is 12.0. The van der Waals surface area contributed by atoms with Gasteiger partial charge in [-0.25, -0.2) is 0 Å². The van der Waals surface area contributed by atoms with Gasteiger partial charge in [-0.2, -0.15) is 0 Å². The zero-order valence-corrected chi connectivity index (χ0v) is 13.5. The monoisotopic (exact) mass is 334 g/mol. The third kappa shape index (κ3) is 3.32. The van der Waals surface area contributed by atoms with Gasteiger partial charge in [0.2, 0.25) is 0 Å². The lowest BCUT2D eigenvalue weighted by atomic mass is 9.91. The Morgan fingerprint density at radius 3 is 2.50 bits per heavy atom. The molecule has 1 aromatic carbocycles. The normalized spacial score (nSPS) is 15.7. The van der Waals surface area contributed by atoms with E-state index in [1.807, 2.05) is 18.2 Å². The summed E-state index contributed by atoms with van der Waals surface area (Å²) in [6, 6.07) is 9.16. The Morgan fingerprint density at radius 1 is 1.05 bits per heavy atom. The lowest BCUT2D eigenvalue weighted by Gasteiger charge is -2.21. The van der Waals surface area contributed by atoms with Crippen LogP contribution in [0.15, 0.2) is 36.5 Å². The molecule has 114 valence electrons. The Kier molecular flexibility index (Phi) is 4.77. The number of piperidine rings is 1. The van der Waals surface area contributed by atoms with Crippen molar-refractivity contribution in [2.45, 2.75) is 12.8 Å². The molecule has 1 saturated heterocycles. The Bertz CT molecular complexity index is 697. The fourth-order valence-electron chi connectivity index (χ4n) is 2.71. The average Bonchev–Trinajstić information content (AvgIpc) is 2.57. The van der Waals surface area contributed by atoms with Crippen molar-refractivity contribution in [1.29, 1.82) is 0 Å². The highest BCUT2D eigenvalue weighted by Crippen LogP contribution is 2.29. The number of rotatable bonds is 3. The van der Waals surface area contributed by atoms with Crippen molar-refractivity contribution in [3.63, 3.8) is 0 Å². The third-order valence-corrected chi connectivity index (χ3v) is 4.71. The van der Waals surface area contributed by atoms with Crippen molar-refractivity contribution >= 4 is 29.0 Å². The molecular weight excluding hydrogens is 319 g/mol. The van der Waals surface area contributed by atoms with E-state index < -0.39 is 0 Å². The van der Waals surface area contributed by atoms with Crippen molar-refractivity contribution in [2.24, 2.45) is 5.92 Å². The van der Waals surface area contributed by atoms with Gasteiger partial charge in [-0.15, -0.1) is 0 Å². The number of ketones is 1. The first-order chi connectivity index (χ1) is 10.6. The number of nitrogens with zero attached hydrogens (tertiary/aromatic N) is 1. The highest BCUT2D eigenvalue weighted by Gasteiger charge is 2.23. The van der Waals surface area contributed by atoms with Gasteiger partial charge in [0.25, 0.3) is 0 Å². The summed E-state index contributed by atoms with van der Waals surface area (Å²) in [7, 11) is 0. The first-order valence-electron chi connectivity index (χ1n) is 7.31. The summed E-state index contributed by atoms with van der Waals surface area (Å²) in [4.78, 5) is 16.8. The van der Waals surface area contributed by atoms with Crippen LogP contribution in [0.5, 0.6) is 0 Å². The minimum absolute atomic E-state index is 0.0674. The Labute approximate surface area is 139 Å². The zero-order valence-electron chi connectivity index (χ0n) is 12.0. The molecule has 2 aromatic rings. The maximum atomic E-state index is 12.6. The van der Waals surface area contributed by atoms with Crippen LogP contribution in [0, 0.1) is 5.92 Å². The van der Waals surface area contributed by atoms with E-state index in [0.29, 0.717) is 15.7 Å². The second-order valence-electron chi connectivity index (χ2n) is 5.45. The van der Waals surface area contributed by atoms with E-state index in [9.17, 15) is 4.79 Å². The van der Waals surface area contributed by atoms with Crippen molar-refractivity contribution in [3.05, 3.63) is 52.3 Å². The lowest BCUT2D eigenvalue weighted by molar-refractivity contribution is 0.0890. The van der Waals surface area contributed by atoms with E-state index in [1.54, 1.807) is 18.3 Å². The largest absolute Gasteiger partial charge is 0.317 e. The maximum Gasteiger partial charge on any atom is 0.184 e. The average molecular weight is 335 g/mol. The fourth-order valence-corrected chi connectivity index (χ4v) is 3.01. The molecule has 0 saturated carbocycles. The van der Waals surface area contributed by atoms with Crippen LogP contribution in [-0.4, -0.2) is 23.9 Å². The van der Waals surface area contributed by atoms with Crippen LogP contribution in [-0.2, 0) is 0 Å². The van der Waals surface area contributed by atoms with E-state index in [2.05, 4.69) is 10.3 Å². The quantitative estimate of drug-likeness (QED) is 0.853. The number of carbonyl (C=O) groups is 1. The molecule has 2 heterocycles. The fraction of sp³-hybridized carbons (Fsp3) is 0.294. The Balaban J connectivity index is 1.88. The highest BCUT2D eigenvalue weighted by molar-refractivity contribution is 6.42. The number of aromatic nitrogens is 1. The van der Waals surface area contributed by atoms with Crippen molar-refractivity contribution in [1.82, 2.24) is 10.3 Å². The molecule has 0 aliphatic carbocycles. The SMILES string of the molecule is O=C(c1cc(-c2ccc(Cl)c(Cl)c2)ccn1)C1CCNCC1. The van der Waals surface area contributed by atoms with E-state index in [1.165, 1.54) is 0 Å². The number of hydrogen-bond donors (Lipinski definition) is 1. The van der Waals surface area contributed by atoms with E-state index in [0.717, 1.165) is 37.1 Å². The van der Waals surface area contributed by atoms with Gasteiger partial charge in [0.15, 0.2) is 5.78 Å². The number of pyridine rings is 1. The summed E-state index contributed by atoms with van der Waals surface area (Å²) in [5.41, 5.74) is 2.37. The smallest absolute Gasteiger partial charge is 0.184 e. The van der Waals surface area contributed by atoms with Crippen molar-refractivity contribution in [2.75, 3.05) is 13.1 Å². The molecule has 1 aromatic heterocycles. The van der Waals surface area contributed by atoms with E-state index in [-0.39, 0.29) is 11.7 Å². The topological polar surface area (TPSA) is 42.0 Å². The Hall–Kier alpha value is -1.42. The first-order valence-corrected chi connectivity index (χ1v) is 8.07. The zero-order chi connectivity index (χ0) is 15.5. The molecule has 1 N–H and O–H groups in total. The van der Waals surface area contributed by atoms with Gasteiger partial charge in [0.1, 0.15) is 5.69 Å². The molecule has 0 spiro atoms. The van der Waals surface area contributed by atoms with Crippen LogP contribution in [0.1, 0.15) is 23.3 Å². The number of hydrogen-bond acceptors (Lipinski definition) is 3. The summed E-state index contributed by atoms with van der Waals surface area (Å²) in [5.74, 6) is 0.196. The molecule has 0 unspecified atom stereocenters. The number of halogens is 2. The number of benzene rings is 1. The molecule has 3 rings (SSSR count). The summed E-state index contributed by atoms with van der Waals surface area (Å²) in [5, 5.41) is 4.29. The van der Waals surface area contributed by atoms with Crippen molar-refractivity contribution in [3.8, 4) is 11.1 Å². The van der Waals surface area contributed by atoms with E-state index >= 15 is 0 Å². The first kappa shape index (κ1) is 15.5. The van der Waals surface area contributed by atoms with Crippen LogP contribution >= 0.6 is 23.2 Å². The standard InChI is InChI=1S/C17H16Cl2N2O/c18-14-2-1-12(9-15(14)19)13-5-8-21-16(10-13)17(22)11-3-6-20-7-4-11/h1-2,5,8-11,20H,3-4,6-7H2. The summed E-state index contributed by atoms with van der Waals surface area (Å²) < 4.78 is 0. The molecule has 1 aliphatic heterocycles. The number of Topliss-reactive ketones (excluding diaryl/α,β-unsaturated/α-hetero) is 1. The predicted molar refractivity (Wildman–Crippen MR) is 89.6 cm³/mol. The van der Waals surface area contributed by atoms with E-state index in [4.69, 9.17) is 23.2 Å². The highest BCUT2D eigenvalue weighted by atomic mass is 35.5. The lowest BCUT2D eigenvalue weighted by Crippen LogP contribution is -2.32. The number of nitrogens with one attached hydrogen (secondary N) is 1. The van der Waals surface area contributed by atoms with Gasteiger partial charge in [-0.1, -0.05) is 29.3 Å². The van der Waals surface area contributed by atoms with Gasteiger partial charge < -0.3 is 5.32 Å². The van der Waals surface area contributed by atoms with Gasteiger partial charge in [-0.05, 0) is 61.3 Å². The summed E-state index contributed by atoms with van der Waals surface area (Å²) in [6.07, 6.45) is 3.42. The number of carbonyl (C=O) groups excluding carboxylic acids is 1. The molecular formula is C17H16Cl2N2O. The minimum Gasteiger partial charge on any atom is -0.317 e. The molecule has 3 nitrogen and oxygen atoms in total. The van der Waals surface area contributed by atoms with Gasteiger partial charge in [0.05, 0.1) is 10.0 Å². The molecule has 0 atom stereocenters. The predicted octanol–water partition coefficient (Wildman–Crippen LogP) is 4.24. The summed E-state index contributed by atoms with van der Waals surface area (Å²) in [6.45, 7) is 1.78. The molecule has 1 aliphatic rings. The van der Waals surface area contributed by atoms with Gasteiger partial charge in [-0.3, -0.25) is 9.78 Å². The van der Waals surface area contributed by atoms with Gasteiger partial charge >= 0.3 is 0 Å². The molecule has 0 radical (unpaired) electrons. The molecule has 5 heteroatoms. The third-order valence-electron chi connectivity index (χ3n) is 3.98. The Morgan fingerprint density at radius 2 is 1.77 bits per heavy atom. The maximum absolute atomic E-state index is 12.6. The van der Waals surface area contributed by atoms with Crippen molar-refractivity contribution < 1.29 is 4.79 Å². The van der Waals surface area contributed by atoms with Crippen LogP contribution < -0.4 is 5.32 Å². The van der Waals surface area contributed by atoms with Crippen LogP contribution in [0.4, 0.5) is 0 Å². The second-order valence-corrected chi connectivity index (χ2v) is 6.26. The minimum atomic E-state index is 0.0674. The molecule has 0 bridgehead atoms. The van der Waals surface area contributed by atoms with Gasteiger partial charge in [0, 0.05) is 12.1 Å².